The molecule has 1 amide bonds. The highest BCUT2D eigenvalue weighted by molar-refractivity contribution is 6.45. The van der Waals surface area contributed by atoms with E-state index in [-0.39, 0.29) is 30.2 Å². The Morgan fingerprint density at radius 3 is 2.37 bits per heavy atom. The number of nitrogens with zero attached hydrogens (tertiary/aromatic N) is 3. The fraction of sp³-hybridized carbons (Fsp3) is 0.444. The first-order valence-electron chi connectivity index (χ1n) is 8.30. The number of rotatable bonds is 9. The van der Waals surface area contributed by atoms with E-state index in [9.17, 15) is 4.79 Å². The van der Waals surface area contributed by atoms with E-state index in [4.69, 9.17) is 19.2 Å². The first kappa shape index (κ1) is 21.9. The number of hydrogen-bond donors (Lipinski definition) is 1. The standard InChI is InChI=1S/C18H26N4O5/c1-12(2)27-18(22-25-6)13(3)20-26-11-14-9-7-8-10-15(14)16(21-24-5)17(23)19-4/h7-10,12H,11H2,1-6H3,(H,19,23)/b20-13?,21-16?,22-18+. The van der Waals surface area contributed by atoms with Crippen molar-refractivity contribution >= 4 is 23.2 Å². The maximum Gasteiger partial charge on any atom is 0.275 e. The molecule has 0 bridgehead atoms. The van der Waals surface area contributed by atoms with Crippen molar-refractivity contribution in [3.05, 3.63) is 35.4 Å². The maximum absolute atomic E-state index is 12.1. The molecule has 0 spiro atoms. The molecule has 0 aliphatic carbocycles. The molecule has 0 atom stereocenters. The van der Waals surface area contributed by atoms with Crippen LogP contribution in [0.1, 0.15) is 31.9 Å². The van der Waals surface area contributed by atoms with Gasteiger partial charge in [0.15, 0.2) is 5.71 Å². The minimum Gasteiger partial charge on any atom is -0.472 e. The summed E-state index contributed by atoms with van der Waals surface area (Å²) in [5.74, 6) is -0.142. The molecule has 0 heterocycles. The molecule has 1 aromatic carbocycles. The van der Waals surface area contributed by atoms with Crippen molar-refractivity contribution in [3.63, 3.8) is 0 Å². The molecule has 1 rings (SSSR count). The Kier molecular flexibility index (Phi) is 9.35. The van der Waals surface area contributed by atoms with Gasteiger partial charge in [-0.1, -0.05) is 34.6 Å². The Morgan fingerprint density at radius 1 is 1.11 bits per heavy atom. The molecule has 0 aliphatic heterocycles. The van der Waals surface area contributed by atoms with E-state index >= 15 is 0 Å². The zero-order chi connectivity index (χ0) is 20.2. The van der Waals surface area contributed by atoms with Gasteiger partial charge in [-0.05, 0) is 25.9 Å². The van der Waals surface area contributed by atoms with Crippen LogP contribution in [0.3, 0.4) is 0 Å². The summed E-state index contributed by atoms with van der Waals surface area (Å²) >= 11 is 0. The number of oxime groups is 3. The van der Waals surface area contributed by atoms with E-state index in [0.29, 0.717) is 16.8 Å². The Morgan fingerprint density at radius 2 is 1.78 bits per heavy atom. The summed E-state index contributed by atoms with van der Waals surface area (Å²) in [5.41, 5.74) is 1.85. The van der Waals surface area contributed by atoms with Gasteiger partial charge < -0.3 is 24.6 Å². The summed E-state index contributed by atoms with van der Waals surface area (Å²) in [6.07, 6.45) is -0.0925. The molecule has 0 aromatic heterocycles. The van der Waals surface area contributed by atoms with Gasteiger partial charge >= 0.3 is 0 Å². The number of hydrogen-bond acceptors (Lipinski definition) is 8. The van der Waals surface area contributed by atoms with Gasteiger partial charge in [-0.2, -0.15) is 0 Å². The summed E-state index contributed by atoms with van der Waals surface area (Å²) in [6.45, 7) is 5.53. The molecule has 9 heteroatoms. The zero-order valence-corrected chi connectivity index (χ0v) is 16.5. The van der Waals surface area contributed by atoms with Gasteiger partial charge in [0.1, 0.15) is 26.5 Å². The predicted octanol–water partition coefficient (Wildman–Crippen LogP) is 2.06. The highest BCUT2D eigenvalue weighted by atomic mass is 16.6. The summed E-state index contributed by atoms with van der Waals surface area (Å²) < 4.78 is 5.52. The van der Waals surface area contributed by atoms with E-state index in [2.05, 4.69) is 20.8 Å². The largest absolute Gasteiger partial charge is 0.472 e. The number of likely N-dealkylation sites (N-methyl/N-ethyl adjacent to an activating group) is 1. The molecular weight excluding hydrogens is 352 g/mol. The van der Waals surface area contributed by atoms with Gasteiger partial charge in [0, 0.05) is 18.2 Å². The number of benzene rings is 1. The molecular formula is C18H26N4O5. The maximum atomic E-state index is 12.1. The smallest absolute Gasteiger partial charge is 0.275 e. The van der Waals surface area contributed by atoms with E-state index < -0.39 is 0 Å². The summed E-state index contributed by atoms with van der Waals surface area (Å²) in [5, 5.41) is 14.1. The van der Waals surface area contributed by atoms with Crippen LogP contribution in [-0.4, -0.2) is 50.6 Å². The molecule has 0 saturated carbocycles. The highest BCUT2D eigenvalue weighted by Gasteiger charge is 2.17. The SMILES string of the molecule is CNC(=O)C(=NOC)c1ccccc1CON=C(C)/C(=N\OC)OC(C)C. The van der Waals surface area contributed by atoms with E-state index in [1.807, 2.05) is 26.0 Å². The second-order valence-corrected chi connectivity index (χ2v) is 5.55. The lowest BCUT2D eigenvalue weighted by atomic mass is 10.0. The Labute approximate surface area is 159 Å². The second-order valence-electron chi connectivity index (χ2n) is 5.55. The molecule has 27 heavy (non-hydrogen) atoms. The van der Waals surface area contributed by atoms with Crippen molar-refractivity contribution in [2.45, 2.75) is 33.5 Å². The Hall–Kier alpha value is -3.10. The normalized spacial score (nSPS) is 12.6. The van der Waals surface area contributed by atoms with Crippen molar-refractivity contribution < 1.29 is 24.0 Å². The lowest BCUT2D eigenvalue weighted by Crippen LogP contribution is -2.29. The van der Waals surface area contributed by atoms with Crippen LogP contribution < -0.4 is 5.32 Å². The van der Waals surface area contributed by atoms with Crippen LogP contribution in [0.25, 0.3) is 0 Å². The lowest BCUT2D eigenvalue weighted by Gasteiger charge is -2.12. The van der Waals surface area contributed by atoms with Gasteiger partial charge in [0.2, 0.25) is 0 Å². The predicted molar refractivity (Wildman–Crippen MR) is 103 cm³/mol. The molecule has 1 aromatic rings. The molecule has 0 aliphatic rings. The van der Waals surface area contributed by atoms with Crippen molar-refractivity contribution in [1.82, 2.24) is 5.32 Å². The molecule has 0 radical (unpaired) electrons. The van der Waals surface area contributed by atoms with E-state index in [1.54, 1.807) is 19.1 Å². The first-order valence-corrected chi connectivity index (χ1v) is 8.30. The highest BCUT2D eigenvalue weighted by Crippen LogP contribution is 2.13. The van der Waals surface area contributed by atoms with Crippen LogP contribution in [-0.2, 0) is 30.7 Å². The van der Waals surface area contributed by atoms with E-state index in [1.165, 1.54) is 21.3 Å². The third-order valence-electron chi connectivity index (χ3n) is 3.15. The Balaban J connectivity index is 2.99. The van der Waals surface area contributed by atoms with E-state index in [0.717, 1.165) is 0 Å². The van der Waals surface area contributed by atoms with Crippen LogP contribution in [0.15, 0.2) is 39.7 Å². The lowest BCUT2D eigenvalue weighted by molar-refractivity contribution is -0.114. The van der Waals surface area contributed by atoms with Gasteiger partial charge in [0.25, 0.3) is 11.8 Å². The van der Waals surface area contributed by atoms with Gasteiger partial charge in [-0.3, -0.25) is 4.79 Å². The van der Waals surface area contributed by atoms with Crippen molar-refractivity contribution in [2.75, 3.05) is 21.3 Å². The Bertz CT molecular complexity index is 713. The van der Waals surface area contributed by atoms with Crippen LogP contribution in [0.5, 0.6) is 0 Å². The molecule has 0 fully saturated rings. The molecule has 148 valence electrons. The van der Waals surface area contributed by atoms with Crippen molar-refractivity contribution in [1.29, 1.82) is 0 Å². The number of ether oxygens (including phenoxy) is 1. The third kappa shape index (κ3) is 6.96. The second kappa shape index (κ2) is 11.5. The third-order valence-corrected chi connectivity index (χ3v) is 3.15. The monoisotopic (exact) mass is 378 g/mol. The van der Waals surface area contributed by atoms with Crippen molar-refractivity contribution in [2.24, 2.45) is 15.5 Å². The number of carbonyl (C=O) groups is 1. The van der Waals surface area contributed by atoms with Crippen molar-refractivity contribution in [3.8, 4) is 0 Å². The topological polar surface area (TPSA) is 103 Å². The summed E-state index contributed by atoms with van der Waals surface area (Å²) in [7, 11) is 4.32. The van der Waals surface area contributed by atoms with Crippen LogP contribution in [0.4, 0.5) is 0 Å². The minimum atomic E-state index is -0.371. The van der Waals surface area contributed by atoms with Crippen LogP contribution in [0.2, 0.25) is 0 Å². The number of carbonyl (C=O) groups excluding carboxylic acids is 1. The molecule has 9 nitrogen and oxygen atoms in total. The molecule has 1 N–H and O–H groups in total. The molecule has 0 unspecified atom stereocenters. The average molecular weight is 378 g/mol. The average Bonchev–Trinajstić information content (AvgIpc) is 2.65. The fourth-order valence-electron chi connectivity index (χ4n) is 2.02. The summed E-state index contributed by atoms with van der Waals surface area (Å²) in [6, 6.07) is 7.18. The summed E-state index contributed by atoms with van der Waals surface area (Å²) in [4.78, 5) is 27.0. The van der Waals surface area contributed by atoms with Gasteiger partial charge in [-0.15, -0.1) is 0 Å². The van der Waals surface area contributed by atoms with Crippen LogP contribution in [0, 0.1) is 0 Å². The quantitative estimate of drug-likeness (QED) is 0.402. The first-order chi connectivity index (χ1) is 12.9. The minimum absolute atomic E-state index is 0.0925. The number of amides is 1. The molecule has 0 saturated heterocycles. The number of nitrogens with one attached hydrogen (secondary N) is 1. The fourth-order valence-corrected chi connectivity index (χ4v) is 2.02. The zero-order valence-electron chi connectivity index (χ0n) is 16.5. The van der Waals surface area contributed by atoms with Gasteiger partial charge in [-0.25, -0.2) is 0 Å². The van der Waals surface area contributed by atoms with Gasteiger partial charge in [0.05, 0.1) is 6.10 Å². The van der Waals surface area contributed by atoms with Crippen LogP contribution >= 0.6 is 0 Å².